The van der Waals surface area contributed by atoms with E-state index in [1.165, 1.54) is 23.1 Å². The van der Waals surface area contributed by atoms with Gasteiger partial charge in [-0.05, 0) is 24.8 Å². The van der Waals surface area contributed by atoms with Crippen molar-refractivity contribution in [1.29, 1.82) is 0 Å². The van der Waals surface area contributed by atoms with Crippen LogP contribution in [0.3, 0.4) is 0 Å². The van der Waals surface area contributed by atoms with Crippen LogP contribution in [-0.4, -0.2) is 31.2 Å². The number of oxime groups is 1. The van der Waals surface area contributed by atoms with E-state index in [2.05, 4.69) is 25.3 Å². The highest BCUT2D eigenvalue weighted by Gasteiger charge is 2.09. The predicted molar refractivity (Wildman–Crippen MR) is 63.3 cm³/mol. The third-order valence-electron chi connectivity index (χ3n) is 1.72. The third-order valence-corrected chi connectivity index (χ3v) is 3.37. The Hall–Kier alpha value is -1.74. The van der Waals surface area contributed by atoms with E-state index in [0.29, 0.717) is 10.9 Å². The second-order valence-corrected chi connectivity index (χ2v) is 5.02. The lowest BCUT2D eigenvalue weighted by molar-refractivity contribution is 0.318. The average molecular weight is 268 g/mol. The van der Waals surface area contributed by atoms with Crippen LogP contribution in [0.5, 0.6) is 0 Å². The minimum absolute atomic E-state index is 0.0467. The number of nitrogens with two attached hydrogens (primary N) is 1. The van der Waals surface area contributed by atoms with Gasteiger partial charge in [0.1, 0.15) is 11.2 Å². The maximum atomic E-state index is 8.60. The van der Waals surface area contributed by atoms with Gasteiger partial charge in [-0.2, -0.15) is 0 Å². The molecule has 7 nitrogen and oxygen atoms in total. The lowest BCUT2D eigenvalue weighted by Crippen LogP contribution is -2.16. The van der Waals surface area contributed by atoms with E-state index in [9.17, 15) is 0 Å². The van der Waals surface area contributed by atoms with Gasteiger partial charge in [-0.25, -0.2) is 9.97 Å². The fourth-order valence-electron chi connectivity index (χ4n) is 1.05. The molecule has 3 N–H and O–H groups in total. The van der Waals surface area contributed by atoms with Gasteiger partial charge in [0.25, 0.3) is 0 Å². The van der Waals surface area contributed by atoms with E-state index in [1.807, 2.05) is 0 Å². The Morgan fingerprint density at radius 3 is 3.00 bits per heavy atom. The summed E-state index contributed by atoms with van der Waals surface area (Å²) in [6.45, 7) is 1.81. The van der Waals surface area contributed by atoms with E-state index in [4.69, 9.17) is 10.9 Å². The Kier molecular flexibility index (Phi) is 3.49. The molecule has 2 rings (SSSR count). The standard InChI is InChI=1S/C8H8N6OS2/c1-4-2-5(6(9)14-15)12-7(11-4)17-8-13-10-3-16-8/h2-3,15H,1H3,(H2,9,14). The molecule has 0 atom stereocenters. The van der Waals surface area contributed by atoms with Gasteiger partial charge in [-0.15, -0.1) is 10.2 Å². The van der Waals surface area contributed by atoms with Crippen molar-refractivity contribution in [2.24, 2.45) is 10.9 Å². The van der Waals surface area contributed by atoms with Gasteiger partial charge < -0.3 is 10.9 Å². The van der Waals surface area contributed by atoms with Gasteiger partial charge in [0.15, 0.2) is 15.3 Å². The van der Waals surface area contributed by atoms with Crippen molar-refractivity contribution in [3.05, 3.63) is 23.0 Å². The van der Waals surface area contributed by atoms with E-state index >= 15 is 0 Å². The Morgan fingerprint density at radius 2 is 2.35 bits per heavy atom. The summed E-state index contributed by atoms with van der Waals surface area (Å²) in [5, 5.41) is 19.6. The average Bonchev–Trinajstić information content (AvgIpc) is 2.80. The highest BCUT2D eigenvalue weighted by molar-refractivity contribution is 8.00. The van der Waals surface area contributed by atoms with Crippen LogP contribution in [0.15, 0.2) is 26.2 Å². The number of hydrogen-bond donors (Lipinski definition) is 2. The fraction of sp³-hybridized carbons (Fsp3) is 0.125. The number of rotatable bonds is 3. The first-order valence-corrected chi connectivity index (χ1v) is 6.16. The molecule has 0 amide bonds. The number of aryl methyl sites for hydroxylation is 1. The zero-order valence-electron chi connectivity index (χ0n) is 8.73. The van der Waals surface area contributed by atoms with Crippen molar-refractivity contribution < 1.29 is 5.21 Å². The van der Waals surface area contributed by atoms with Crippen molar-refractivity contribution in [2.75, 3.05) is 0 Å². The molecule has 2 aromatic rings. The molecule has 2 aromatic heterocycles. The number of nitrogens with zero attached hydrogens (tertiary/aromatic N) is 5. The molecule has 0 aromatic carbocycles. The van der Waals surface area contributed by atoms with Gasteiger partial charge >= 0.3 is 0 Å². The predicted octanol–water partition coefficient (Wildman–Crippen LogP) is 0.882. The van der Waals surface area contributed by atoms with Gasteiger partial charge in [0.2, 0.25) is 0 Å². The van der Waals surface area contributed by atoms with Crippen molar-refractivity contribution in [2.45, 2.75) is 16.4 Å². The lowest BCUT2D eigenvalue weighted by atomic mass is 10.3. The van der Waals surface area contributed by atoms with Crippen LogP contribution in [0.4, 0.5) is 0 Å². The normalized spacial score (nSPS) is 11.7. The molecule has 0 saturated heterocycles. The zero-order valence-corrected chi connectivity index (χ0v) is 10.4. The monoisotopic (exact) mass is 268 g/mol. The molecular weight excluding hydrogens is 260 g/mol. The molecule has 17 heavy (non-hydrogen) atoms. The molecular formula is C8H8N6OS2. The summed E-state index contributed by atoms with van der Waals surface area (Å²) in [6, 6.07) is 1.64. The molecule has 0 aliphatic rings. The number of amidine groups is 1. The lowest BCUT2D eigenvalue weighted by Gasteiger charge is -2.02. The van der Waals surface area contributed by atoms with Gasteiger partial charge in [-0.1, -0.05) is 16.5 Å². The molecule has 0 radical (unpaired) electrons. The first-order chi connectivity index (χ1) is 8.19. The molecule has 0 aliphatic heterocycles. The van der Waals surface area contributed by atoms with Crippen LogP contribution in [0.2, 0.25) is 0 Å². The van der Waals surface area contributed by atoms with Gasteiger partial charge in [-0.3, -0.25) is 0 Å². The third kappa shape index (κ3) is 2.88. The Balaban J connectivity index is 2.32. The summed E-state index contributed by atoms with van der Waals surface area (Å²) in [6.07, 6.45) is 0. The number of hydrogen-bond acceptors (Lipinski definition) is 8. The Bertz CT molecular complexity index is 541. The molecule has 0 unspecified atom stereocenters. The van der Waals surface area contributed by atoms with Gasteiger partial charge in [0.05, 0.1) is 0 Å². The molecule has 9 heteroatoms. The highest BCUT2D eigenvalue weighted by Crippen LogP contribution is 2.25. The molecule has 2 heterocycles. The van der Waals surface area contributed by atoms with Crippen molar-refractivity contribution >= 4 is 28.9 Å². The van der Waals surface area contributed by atoms with Crippen LogP contribution in [0, 0.1) is 6.92 Å². The van der Waals surface area contributed by atoms with Gasteiger partial charge in [0, 0.05) is 5.69 Å². The molecule has 0 spiro atoms. The maximum absolute atomic E-state index is 8.60. The summed E-state index contributed by atoms with van der Waals surface area (Å²) in [7, 11) is 0. The van der Waals surface area contributed by atoms with Crippen molar-refractivity contribution in [3.8, 4) is 0 Å². The summed E-state index contributed by atoms with van der Waals surface area (Å²) in [4.78, 5) is 8.38. The second kappa shape index (κ2) is 5.06. The zero-order chi connectivity index (χ0) is 12.3. The van der Waals surface area contributed by atoms with E-state index < -0.39 is 0 Å². The Morgan fingerprint density at radius 1 is 1.53 bits per heavy atom. The maximum Gasteiger partial charge on any atom is 0.195 e. The topological polar surface area (TPSA) is 110 Å². The van der Waals surface area contributed by atoms with Crippen molar-refractivity contribution in [3.63, 3.8) is 0 Å². The van der Waals surface area contributed by atoms with Crippen LogP contribution in [0.25, 0.3) is 0 Å². The Labute approximate surface area is 105 Å². The molecule has 0 saturated carbocycles. The van der Waals surface area contributed by atoms with Crippen molar-refractivity contribution in [1.82, 2.24) is 20.2 Å². The smallest absolute Gasteiger partial charge is 0.195 e. The minimum atomic E-state index is -0.0467. The highest BCUT2D eigenvalue weighted by atomic mass is 32.2. The summed E-state index contributed by atoms with van der Waals surface area (Å²) >= 11 is 2.67. The fourth-order valence-corrected chi connectivity index (χ4v) is 2.46. The molecule has 0 aliphatic carbocycles. The van der Waals surface area contributed by atoms with E-state index in [1.54, 1.807) is 18.5 Å². The number of aromatic nitrogens is 4. The minimum Gasteiger partial charge on any atom is -0.409 e. The van der Waals surface area contributed by atoms with Crippen LogP contribution in [0.1, 0.15) is 11.4 Å². The van der Waals surface area contributed by atoms with Crippen LogP contribution >= 0.6 is 23.1 Å². The summed E-state index contributed by atoms with van der Waals surface area (Å²) in [5.74, 6) is -0.0467. The summed E-state index contributed by atoms with van der Waals surface area (Å²) in [5.41, 5.74) is 8.22. The van der Waals surface area contributed by atoms with E-state index in [0.717, 1.165) is 10.0 Å². The first-order valence-electron chi connectivity index (χ1n) is 4.46. The first kappa shape index (κ1) is 11.7. The van der Waals surface area contributed by atoms with Crippen LogP contribution < -0.4 is 5.73 Å². The molecule has 0 bridgehead atoms. The largest absolute Gasteiger partial charge is 0.409 e. The SMILES string of the molecule is Cc1cc(/C(N)=N/O)nc(Sc2nncs2)n1. The quantitative estimate of drug-likeness (QED) is 0.279. The molecule has 0 fully saturated rings. The van der Waals surface area contributed by atoms with E-state index in [-0.39, 0.29) is 5.84 Å². The summed E-state index contributed by atoms with van der Waals surface area (Å²) < 4.78 is 0.737. The molecule has 88 valence electrons. The van der Waals surface area contributed by atoms with Crippen LogP contribution in [-0.2, 0) is 0 Å². The second-order valence-electron chi connectivity index (χ2n) is 2.97.